The summed E-state index contributed by atoms with van der Waals surface area (Å²) < 4.78 is 1.16. The molecule has 0 atom stereocenters. The first-order valence-electron chi connectivity index (χ1n) is 6.92. The Hall–Kier alpha value is -1.08. The number of benzene rings is 2. The fourth-order valence-corrected chi connectivity index (χ4v) is 3.18. The van der Waals surface area contributed by atoms with Gasteiger partial charge in [0.2, 0.25) is 0 Å². The molecule has 1 aliphatic rings. The number of halogens is 1. The molecule has 0 unspecified atom stereocenters. The van der Waals surface area contributed by atoms with E-state index in [0.29, 0.717) is 0 Å². The lowest BCUT2D eigenvalue weighted by atomic mass is 9.82. The Labute approximate surface area is 125 Å². The minimum absolute atomic E-state index is 0.112. The Morgan fingerprint density at radius 3 is 2.00 bits per heavy atom. The van der Waals surface area contributed by atoms with Gasteiger partial charge in [0.25, 0.3) is 0 Å². The summed E-state index contributed by atoms with van der Waals surface area (Å²) >= 11 is 3.58. The van der Waals surface area contributed by atoms with E-state index in [1.54, 1.807) is 0 Å². The van der Waals surface area contributed by atoms with Gasteiger partial charge >= 0.3 is 0 Å². The van der Waals surface area contributed by atoms with Gasteiger partial charge in [0.1, 0.15) is 0 Å². The van der Waals surface area contributed by atoms with E-state index in [9.17, 15) is 0 Å². The molecule has 1 aliphatic carbocycles. The van der Waals surface area contributed by atoms with Crippen molar-refractivity contribution >= 4 is 15.9 Å². The summed E-state index contributed by atoms with van der Waals surface area (Å²) in [4.78, 5) is 0. The third-order valence-electron chi connectivity index (χ3n) is 3.79. The average Bonchev–Trinajstić information content (AvgIpc) is 2.61. The number of rotatable bonds is 0. The second-order valence-electron chi connectivity index (χ2n) is 5.36. The Kier molecular flexibility index (Phi) is 3.87. The highest BCUT2D eigenvalue weighted by Crippen LogP contribution is 2.49. The van der Waals surface area contributed by atoms with Crippen molar-refractivity contribution in [2.75, 3.05) is 0 Å². The van der Waals surface area contributed by atoms with Crippen molar-refractivity contribution in [3.05, 3.63) is 57.6 Å². The van der Waals surface area contributed by atoms with Crippen molar-refractivity contribution in [1.82, 2.24) is 0 Å². The third kappa shape index (κ3) is 2.25. The van der Waals surface area contributed by atoms with E-state index in [0.717, 1.165) is 4.47 Å². The van der Waals surface area contributed by atoms with Gasteiger partial charge in [-0.15, -0.1) is 0 Å². The van der Waals surface area contributed by atoms with Crippen LogP contribution in [-0.2, 0) is 5.41 Å². The van der Waals surface area contributed by atoms with Gasteiger partial charge < -0.3 is 0 Å². The second-order valence-corrected chi connectivity index (χ2v) is 6.28. The first kappa shape index (κ1) is 14.3. The molecule has 0 amide bonds. The van der Waals surface area contributed by atoms with Crippen molar-refractivity contribution in [2.24, 2.45) is 0 Å². The van der Waals surface area contributed by atoms with E-state index in [1.807, 2.05) is 13.8 Å². The van der Waals surface area contributed by atoms with Crippen LogP contribution in [-0.4, -0.2) is 0 Å². The van der Waals surface area contributed by atoms with Gasteiger partial charge in [0, 0.05) is 9.89 Å². The molecule has 3 rings (SSSR count). The second kappa shape index (κ2) is 5.13. The van der Waals surface area contributed by atoms with E-state index in [-0.39, 0.29) is 5.41 Å². The smallest absolute Gasteiger partial charge is 0.0178 e. The van der Waals surface area contributed by atoms with Crippen molar-refractivity contribution in [1.29, 1.82) is 0 Å². The highest BCUT2D eigenvalue weighted by atomic mass is 79.9. The number of fused-ring (bicyclic) bond motifs is 3. The Balaban J connectivity index is 0.000000637. The molecule has 1 heteroatoms. The van der Waals surface area contributed by atoms with Crippen molar-refractivity contribution in [2.45, 2.75) is 40.0 Å². The normalized spacial score (nSPS) is 14.2. The van der Waals surface area contributed by atoms with E-state index in [4.69, 9.17) is 0 Å². The number of aryl methyl sites for hydroxylation is 1. The monoisotopic (exact) mass is 316 g/mol. The van der Waals surface area contributed by atoms with Crippen LogP contribution < -0.4 is 0 Å². The molecule has 0 nitrogen and oxygen atoms in total. The number of hydrogen-bond donors (Lipinski definition) is 0. The van der Waals surface area contributed by atoms with E-state index in [2.05, 4.69) is 73.1 Å². The van der Waals surface area contributed by atoms with Crippen LogP contribution in [0.4, 0.5) is 0 Å². The highest BCUT2D eigenvalue weighted by molar-refractivity contribution is 9.10. The largest absolute Gasteiger partial charge is 0.0683 e. The van der Waals surface area contributed by atoms with Crippen molar-refractivity contribution < 1.29 is 0 Å². The number of hydrogen-bond acceptors (Lipinski definition) is 0. The minimum Gasteiger partial charge on any atom is -0.0683 e. The molecule has 0 fully saturated rings. The molecular weight excluding hydrogens is 296 g/mol. The molecule has 0 radical (unpaired) electrons. The first-order chi connectivity index (χ1) is 9.00. The maximum atomic E-state index is 3.58. The van der Waals surface area contributed by atoms with E-state index in [1.165, 1.54) is 27.8 Å². The molecule has 0 saturated carbocycles. The third-order valence-corrected chi connectivity index (χ3v) is 4.29. The molecular formula is C18H21Br. The van der Waals surface area contributed by atoms with Gasteiger partial charge in [0.15, 0.2) is 0 Å². The fraction of sp³-hybridized carbons (Fsp3) is 0.333. The van der Waals surface area contributed by atoms with Crippen LogP contribution in [0.25, 0.3) is 11.1 Å². The molecule has 0 heterocycles. The Morgan fingerprint density at radius 1 is 0.842 bits per heavy atom. The lowest BCUT2D eigenvalue weighted by molar-refractivity contribution is 0.659. The lowest BCUT2D eigenvalue weighted by Gasteiger charge is -2.21. The summed E-state index contributed by atoms with van der Waals surface area (Å²) in [7, 11) is 0. The topological polar surface area (TPSA) is 0 Å². The van der Waals surface area contributed by atoms with Gasteiger partial charge in [0.05, 0.1) is 0 Å². The first-order valence-corrected chi connectivity index (χ1v) is 7.71. The van der Waals surface area contributed by atoms with Crippen molar-refractivity contribution in [3.63, 3.8) is 0 Å². The summed E-state index contributed by atoms with van der Waals surface area (Å²) in [5.74, 6) is 0. The molecule has 0 saturated heterocycles. The van der Waals surface area contributed by atoms with Gasteiger partial charge in [-0.3, -0.25) is 0 Å². The molecule has 0 spiro atoms. The van der Waals surface area contributed by atoms with Gasteiger partial charge in [-0.05, 0) is 41.3 Å². The van der Waals surface area contributed by atoms with E-state index >= 15 is 0 Å². The van der Waals surface area contributed by atoms with Crippen LogP contribution in [0.3, 0.4) is 0 Å². The maximum Gasteiger partial charge on any atom is 0.0178 e. The van der Waals surface area contributed by atoms with E-state index < -0.39 is 0 Å². The minimum atomic E-state index is 0.112. The zero-order valence-electron chi connectivity index (χ0n) is 12.3. The molecule has 100 valence electrons. The van der Waals surface area contributed by atoms with Crippen molar-refractivity contribution in [3.8, 4) is 11.1 Å². The maximum absolute atomic E-state index is 3.58. The summed E-state index contributed by atoms with van der Waals surface area (Å²) in [5, 5.41) is 0. The zero-order valence-corrected chi connectivity index (χ0v) is 13.9. The molecule has 0 bridgehead atoms. The van der Waals surface area contributed by atoms with Gasteiger partial charge in [-0.2, -0.15) is 0 Å². The predicted octanol–water partition coefficient (Wildman–Crippen LogP) is 6.09. The average molecular weight is 317 g/mol. The van der Waals surface area contributed by atoms with Crippen LogP contribution in [0.5, 0.6) is 0 Å². The molecule has 19 heavy (non-hydrogen) atoms. The highest BCUT2D eigenvalue weighted by Gasteiger charge is 2.35. The fourth-order valence-electron chi connectivity index (χ4n) is 2.82. The molecule has 2 aromatic rings. The molecule has 0 aliphatic heterocycles. The quantitative estimate of drug-likeness (QED) is 0.551. The Morgan fingerprint density at radius 2 is 1.37 bits per heavy atom. The van der Waals surface area contributed by atoms with Crippen LogP contribution in [0, 0.1) is 6.92 Å². The molecule has 0 aromatic heterocycles. The summed E-state index contributed by atoms with van der Waals surface area (Å²) in [6.07, 6.45) is 0. The summed E-state index contributed by atoms with van der Waals surface area (Å²) in [6.45, 7) is 10.8. The zero-order chi connectivity index (χ0) is 14.2. The van der Waals surface area contributed by atoms with Crippen LogP contribution >= 0.6 is 15.9 Å². The molecule has 2 aromatic carbocycles. The SMILES string of the molecule is CC.Cc1ccc2c(c1)C(C)(C)c1cc(Br)ccc1-2. The van der Waals surface area contributed by atoms with Crippen LogP contribution in [0.1, 0.15) is 44.4 Å². The van der Waals surface area contributed by atoms with Gasteiger partial charge in [-0.1, -0.05) is 73.5 Å². The predicted molar refractivity (Wildman–Crippen MR) is 87.8 cm³/mol. The molecule has 0 N–H and O–H groups in total. The summed E-state index contributed by atoms with van der Waals surface area (Å²) in [5.41, 5.74) is 7.10. The summed E-state index contributed by atoms with van der Waals surface area (Å²) in [6, 6.07) is 13.4. The standard InChI is InChI=1S/C16H15Br.C2H6/c1-10-4-6-12-13-7-5-11(17)9-15(13)16(2,3)14(12)8-10;1-2/h4-9H,1-3H3;1-2H3. The Bertz CT molecular complexity index is 556. The lowest BCUT2D eigenvalue weighted by Crippen LogP contribution is -2.15. The van der Waals surface area contributed by atoms with Gasteiger partial charge in [-0.25, -0.2) is 0 Å². The van der Waals surface area contributed by atoms with Crippen LogP contribution in [0.15, 0.2) is 40.9 Å². The van der Waals surface area contributed by atoms with Crippen LogP contribution in [0.2, 0.25) is 0 Å².